The van der Waals surface area contributed by atoms with E-state index in [9.17, 15) is 23.2 Å². The van der Waals surface area contributed by atoms with Crippen molar-refractivity contribution in [2.24, 2.45) is 0 Å². The van der Waals surface area contributed by atoms with E-state index in [0.717, 1.165) is 16.8 Å². The zero-order valence-corrected chi connectivity index (χ0v) is 12.1. The summed E-state index contributed by atoms with van der Waals surface area (Å²) in [6.45, 7) is 0. The molecule has 1 aliphatic rings. The van der Waals surface area contributed by atoms with E-state index >= 15 is 0 Å². The molecule has 0 unspecified atom stereocenters. The summed E-state index contributed by atoms with van der Waals surface area (Å²) < 4.78 is 29.7. The fraction of sp³-hybridized carbons (Fsp3) is 0.200. The molecule has 1 saturated heterocycles. The van der Waals surface area contributed by atoms with Gasteiger partial charge in [0, 0.05) is 30.3 Å². The molecule has 2 N–H and O–H groups in total. The van der Waals surface area contributed by atoms with Crippen LogP contribution in [0.2, 0.25) is 0 Å². The van der Waals surface area contributed by atoms with E-state index in [1.165, 1.54) is 12.3 Å². The van der Waals surface area contributed by atoms with Crippen molar-refractivity contribution in [2.45, 2.75) is 18.8 Å². The first kappa shape index (κ1) is 15.8. The van der Waals surface area contributed by atoms with Gasteiger partial charge < -0.3 is 5.11 Å². The quantitative estimate of drug-likeness (QED) is 0.825. The molecule has 1 atom stereocenters. The van der Waals surface area contributed by atoms with Gasteiger partial charge >= 0.3 is 5.97 Å². The van der Waals surface area contributed by atoms with Crippen LogP contribution >= 0.6 is 0 Å². The third-order valence-corrected chi connectivity index (χ3v) is 3.72. The number of rotatable bonds is 3. The number of aromatic carboxylic acids is 1. The Labute approximate surface area is 133 Å². The minimum absolute atomic E-state index is 0.00182. The number of carboxylic acids is 1. The predicted octanol–water partition coefficient (Wildman–Crippen LogP) is 1.37. The molecule has 2 aromatic rings. The minimum atomic E-state index is -1.27. The molecule has 24 heavy (non-hydrogen) atoms. The molecule has 0 aliphatic carbocycles. The number of aromatic nitrogens is 2. The third-order valence-electron chi connectivity index (χ3n) is 3.72. The van der Waals surface area contributed by atoms with Gasteiger partial charge in [-0.05, 0) is 12.5 Å². The van der Waals surface area contributed by atoms with Crippen molar-refractivity contribution in [3.05, 3.63) is 47.3 Å². The van der Waals surface area contributed by atoms with Gasteiger partial charge in [0.2, 0.25) is 11.8 Å². The first-order valence-electron chi connectivity index (χ1n) is 6.99. The second-order valence-electron chi connectivity index (χ2n) is 5.28. The number of imide groups is 1. The van der Waals surface area contributed by atoms with Crippen LogP contribution < -0.4 is 5.32 Å². The fourth-order valence-electron chi connectivity index (χ4n) is 2.59. The summed E-state index contributed by atoms with van der Waals surface area (Å²) >= 11 is 0. The van der Waals surface area contributed by atoms with Crippen LogP contribution in [0.15, 0.2) is 24.4 Å². The SMILES string of the molecule is O=C1CC[C@H](c2c(F)cc(-n3ccc(C(=O)O)n3)cc2F)C(=O)N1. The van der Waals surface area contributed by atoms with Crippen LogP contribution in [0.5, 0.6) is 0 Å². The highest BCUT2D eigenvalue weighted by atomic mass is 19.1. The monoisotopic (exact) mass is 335 g/mol. The maximum absolute atomic E-state index is 14.4. The Morgan fingerprint density at radius 2 is 1.96 bits per heavy atom. The molecular formula is C15H11F2N3O4. The number of carboxylic acid groups (broad SMARTS) is 1. The van der Waals surface area contributed by atoms with Crippen molar-refractivity contribution >= 4 is 17.8 Å². The summed E-state index contributed by atoms with van der Waals surface area (Å²) in [5, 5.41) is 14.6. The fourth-order valence-corrected chi connectivity index (χ4v) is 2.59. The first-order valence-corrected chi connectivity index (χ1v) is 6.99. The minimum Gasteiger partial charge on any atom is -0.476 e. The molecular weight excluding hydrogens is 324 g/mol. The lowest BCUT2D eigenvalue weighted by atomic mass is 9.89. The van der Waals surface area contributed by atoms with E-state index in [0.29, 0.717) is 0 Å². The van der Waals surface area contributed by atoms with Crippen molar-refractivity contribution in [3.8, 4) is 5.69 Å². The van der Waals surface area contributed by atoms with Crippen molar-refractivity contribution in [2.75, 3.05) is 0 Å². The Morgan fingerprint density at radius 1 is 1.29 bits per heavy atom. The Hall–Kier alpha value is -3.10. The van der Waals surface area contributed by atoms with Crippen molar-refractivity contribution in [1.29, 1.82) is 0 Å². The second-order valence-corrected chi connectivity index (χ2v) is 5.28. The molecule has 1 fully saturated rings. The summed E-state index contributed by atoms with van der Waals surface area (Å²) in [7, 11) is 0. The molecule has 124 valence electrons. The highest BCUT2D eigenvalue weighted by molar-refractivity contribution is 6.01. The number of halogens is 2. The zero-order valence-electron chi connectivity index (χ0n) is 12.1. The van der Waals surface area contributed by atoms with Crippen molar-refractivity contribution < 1.29 is 28.3 Å². The molecule has 1 aromatic carbocycles. The Morgan fingerprint density at radius 3 is 2.50 bits per heavy atom. The Balaban J connectivity index is 1.98. The Bertz CT molecular complexity index is 839. The highest BCUT2D eigenvalue weighted by Gasteiger charge is 2.32. The van der Waals surface area contributed by atoms with Crippen LogP contribution in [0.25, 0.3) is 5.69 Å². The lowest BCUT2D eigenvalue weighted by Gasteiger charge is -2.22. The van der Waals surface area contributed by atoms with Crippen LogP contribution in [0.4, 0.5) is 8.78 Å². The highest BCUT2D eigenvalue weighted by Crippen LogP contribution is 2.30. The summed E-state index contributed by atoms with van der Waals surface area (Å²) in [4.78, 5) is 33.7. The van der Waals surface area contributed by atoms with E-state index in [-0.39, 0.29) is 24.2 Å². The predicted molar refractivity (Wildman–Crippen MR) is 75.6 cm³/mol. The van der Waals surface area contributed by atoms with Gasteiger partial charge in [0.05, 0.1) is 11.6 Å². The van der Waals surface area contributed by atoms with Crippen LogP contribution in [-0.4, -0.2) is 32.7 Å². The molecule has 2 amide bonds. The normalized spacial score (nSPS) is 17.7. The molecule has 0 spiro atoms. The Kier molecular flexibility index (Phi) is 3.84. The maximum Gasteiger partial charge on any atom is 0.356 e. The second kappa shape index (κ2) is 5.84. The average Bonchev–Trinajstić information content (AvgIpc) is 2.98. The zero-order chi connectivity index (χ0) is 17.4. The lowest BCUT2D eigenvalue weighted by Crippen LogP contribution is -2.40. The molecule has 7 nitrogen and oxygen atoms in total. The standard InChI is InChI=1S/C15H11F2N3O4/c16-9-5-7(20-4-3-11(19-20)15(23)24)6-10(17)13(9)8-1-2-12(21)18-14(8)22/h3-6,8H,1-2H2,(H,23,24)(H,18,21,22)/t8-/m1/s1. The number of benzene rings is 1. The number of nitrogens with one attached hydrogen (secondary N) is 1. The number of carbonyl (C=O) groups is 3. The molecule has 1 aromatic heterocycles. The van der Waals surface area contributed by atoms with E-state index in [4.69, 9.17) is 5.11 Å². The largest absolute Gasteiger partial charge is 0.476 e. The number of carbonyl (C=O) groups excluding carboxylic acids is 2. The average molecular weight is 335 g/mol. The van der Waals surface area contributed by atoms with Gasteiger partial charge in [-0.15, -0.1) is 0 Å². The third kappa shape index (κ3) is 2.75. The van der Waals surface area contributed by atoms with E-state index in [2.05, 4.69) is 10.4 Å². The topological polar surface area (TPSA) is 101 Å². The van der Waals surface area contributed by atoms with Gasteiger partial charge in [0.15, 0.2) is 5.69 Å². The van der Waals surface area contributed by atoms with Crippen LogP contribution in [0.1, 0.15) is 34.8 Å². The number of hydrogen-bond donors (Lipinski definition) is 2. The van der Waals surface area contributed by atoms with Crippen LogP contribution in [-0.2, 0) is 9.59 Å². The van der Waals surface area contributed by atoms with Crippen LogP contribution in [0.3, 0.4) is 0 Å². The summed E-state index contributed by atoms with van der Waals surface area (Å²) in [6.07, 6.45) is 1.27. The molecule has 2 heterocycles. The molecule has 0 saturated carbocycles. The number of hydrogen-bond acceptors (Lipinski definition) is 4. The number of piperidine rings is 1. The molecule has 0 radical (unpaired) electrons. The summed E-state index contributed by atoms with van der Waals surface area (Å²) in [5.41, 5.74) is -0.715. The van der Waals surface area contributed by atoms with Crippen molar-refractivity contribution in [3.63, 3.8) is 0 Å². The molecule has 3 rings (SSSR count). The van der Waals surface area contributed by atoms with E-state index in [1.807, 2.05) is 0 Å². The lowest BCUT2D eigenvalue weighted by molar-refractivity contribution is -0.134. The summed E-state index contributed by atoms with van der Waals surface area (Å²) in [6, 6.07) is 3.10. The van der Waals surface area contributed by atoms with Gasteiger partial charge in [0.1, 0.15) is 11.6 Å². The molecule has 1 aliphatic heterocycles. The van der Waals surface area contributed by atoms with Gasteiger partial charge in [0.25, 0.3) is 0 Å². The first-order chi connectivity index (χ1) is 11.4. The smallest absolute Gasteiger partial charge is 0.356 e. The summed E-state index contributed by atoms with van der Waals surface area (Å²) in [5.74, 6) is -5.52. The van der Waals surface area contributed by atoms with Gasteiger partial charge in [-0.25, -0.2) is 18.3 Å². The molecule has 0 bridgehead atoms. The number of amides is 2. The van der Waals surface area contributed by atoms with E-state index in [1.54, 1.807) is 0 Å². The van der Waals surface area contributed by atoms with Gasteiger partial charge in [-0.1, -0.05) is 0 Å². The maximum atomic E-state index is 14.4. The van der Waals surface area contributed by atoms with Gasteiger partial charge in [-0.3, -0.25) is 14.9 Å². The molecule has 9 heteroatoms. The number of nitrogens with zero attached hydrogens (tertiary/aromatic N) is 2. The van der Waals surface area contributed by atoms with E-state index < -0.39 is 40.9 Å². The van der Waals surface area contributed by atoms with Crippen molar-refractivity contribution in [1.82, 2.24) is 15.1 Å². The van der Waals surface area contributed by atoms with Gasteiger partial charge in [-0.2, -0.15) is 5.10 Å². The van der Waals surface area contributed by atoms with Crippen LogP contribution in [0, 0.1) is 11.6 Å².